The quantitative estimate of drug-likeness (QED) is 0.361. The Morgan fingerprint density at radius 3 is 2.06 bits per heavy atom. The Morgan fingerprint density at radius 2 is 1.45 bits per heavy atom. The Kier molecular flexibility index (Phi) is 8.27. The number of amides is 2. The summed E-state index contributed by atoms with van der Waals surface area (Å²) < 4.78 is 0. The summed E-state index contributed by atoms with van der Waals surface area (Å²) in [7, 11) is 0. The number of para-hydroxylation sites is 1. The number of hydrogen-bond acceptors (Lipinski definition) is 4. The van der Waals surface area contributed by atoms with Gasteiger partial charge in [-0.05, 0) is 54.8 Å². The molecule has 0 aliphatic rings. The van der Waals surface area contributed by atoms with Gasteiger partial charge in [0.25, 0.3) is 0 Å². The zero-order chi connectivity index (χ0) is 23.8. The second kappa shape index (κ2) is 11.3. The molecule has 33 heavy (non-hydrogen) atoms. The summed E-state index contributed by atoms with van der Waals surface area (Å²) in [4.78, 5) is 36.7. The van der Waals surface area contributed by atoms with Gasteiger partial charge in [0.2, 0.25) is 11.8 Å². The van der Waals surface area contributed by atoms with Crippen molar-refractivity contribution in [1.29, 1.82) is 0 Å². The third kappa shape index (κ3) is 6.95. The Hall–Kier alpha value is -3.58. The fourth-order valence-electron chi connectivity index (χ4n) is 3.30. The summed E-state index contributed by atoms with van der Waals surface area (Å²) in [5, 5.41) is 14.0. The van der Waals surface area contributed by atoms with Gasteiger partial charge in [-0.2, -0.15) is 0 Å². The molecular formula is C26H26N2O4S. The van der Waals surface area contributed by atoms with Gasteiger partial charge in [-0.3, -0.25) is 14.4 Å². The molecule has 0 fully saturated rings. The highest BCUT2D eigenvalue weighted by molar-refractivity contribution is 8.00. The number of carbonyl (C=O) groups excluding carboxylic acids is 2. The van der Waals surface area contributed by atoms with Crippen LogP contribution in [0.5, 0.6) is 0 Å². The molecule has 0 aliphatic heterocycles. The molecule has 0 radical (unpaired) electrons. The van der Waals surface area contributed by atoms with E-state index in [9.17, 15) is 14.4 Å². The maximum atomic E-state index is 13.3. The number of aryl methyl sites for hydroxylation is 2. The van der Waals surface area contributed by atoms with E-state index in [1.807, 2.05) is 74.5 Å². The number of hydrogen-bond donors (Lipinski definition) is 3. The summed E-state index contributed by atoms with van der Waals surface area (Å²) in [5.41, 5.74) is 4.29. The average molecular weight is 463 g/mol. The lowest BCUT2D eigenvalue weighted by atomic mass is 10.1. The SMILES string of the molecule is Cc1cccc(C)c1NC(=O)C(Sc1ccc(NC(=O)CCC(=O)O)cc1)c1ccccc1. The van der Waals surface area contributed by atoms with E-state index in [2.05, 4.69) is 10.6 Å². The number of anilines is 2. The van der Waals surface area contributed by atoms with Crippen molar-refractivity contribution >= 4 is 40.9 Å². The zero-order valence-electron chi connectivity index (χ0n) is 18.5. The molecule has 0 heterocycles. The Labute approximate surface area is 197 Å². The lowest BCUT2D eigenvalue weighted by Gasteiger charge is -2.19. The second-order valence-corrected chi connectivity index (χ2v) is 8.81. The van der Waals surface area contributed by atoms with Gasteiger partial charge in [0.1, 0.15) is 5.25 Å². The van der Waals surface area contributed by atoms with Crippen LogP contribution >= 0.6 is 11.8 Å². The van der Waals surface area contributed by atoms with E-state index in [1.54, 1.807) is 12.1 Å². The van der Waals surface area contributed by atoms with Crippen molar-refractivity contribution in [2.75, 3.05) is 10.6 Å². The minimum atomic E-state index is -1.01. The molecule has 0 aromatic heterocycles. The summed E-state index contributed by atoms with van der Waals surface area (Å²) in [6.07, 6.45) is -0.297. The Balaban J connectivity index is 1.75. The van der Waals surface area contributed by atoms with Crippen LogP contribution in [-0.4, -0.2) is 22.9 Å². The first-order chi connectivity index (χ1) is 15.8. The number of aliphatic carboxylic acids is 1. The number of thioether (sulfide) groups is 1. The molecule has 1 atom stereocenters. The lowest BCUT2D eigenvalue weighted by Crippen LogP contribution is -2.20. The highest BCUT2D eigenvalue weighted by atomic mass is 32.2. The van der Waals surface area contributed by atoms with E-state index in [0.29, 0.717) is 5.69 Å². The van der Waals surface area contributed by atoms with Crippen molar-refractivity contribution in [3.05, 3.63) is 89.5 Å². The molecule has 1 unspecified atom stereocenters. The highest BCUT2D eigenvalue weighted by Gasteiger charge is 2.23. The second-order valence-electron chi connectivity index (χ2n) is 7.63. The van der Waals surface area contributed by atoms with Gasteiger partial charge in [-0.25, -0.2) is 0 Å². The van der Waals surface area contributed by atoms with Crippen molar-refractivity contribution in [2.45, 2.75) is 36.8 Å². The van der Waals surface area contributed by atoms with Crippen molar-refractivity contribution in [2.24, 2.45) is 0 Å². The minimum Gasteiger partial charge on any atom is -0.481 e. The van der Waals surface area contributed by atoms with Crippen LogP contribution in [0.15, 0.2) is 77.7 Å². The summed E-state index contributed by atoms with van der Waals surface area (Å²) in [5.74, 6) is -1.48. The van der Waals surface area contributed by atoms with E-state index in [1.165, 1.54) is 11.8 Å². The number of carboxylic acids is 1. The first kappa shape index (κ1) is 24.1. The zero-order valence-corrected chi connectivity index (χ0v) is 19.3. The molecule has 2 amide bonds. The van der Waals surface area contributed by atoms with Gasteiger partial charge in [0, 0.05) is 22.7 Å². The maximum Gasteiger partial charge on any atom is 0.303 e. The number of carboxylic acid groups (broad SMARTS) is 1. The fraction of sp³-hybridized carbons (Fsp3) is 0.192. The Morgan fingerprint density at radius 1 is 0.818 bits per heavy atom. The van der Waals surface area contributed by atoms with Crippen LogP contribution in [0.25, 0.3) is 0 Å². The summed E-state index contributed by atoms with van der Waals surface area (Å²) in [6.45, 7) is 3.94. The molecule has 3 rings (SSSR count). The van der Waals surface area contributed by atoms with E-state index in [-0.39, 0.29) is 24.7 Å². The standard InChI is InChI=1S/C26H26N2O4S/c1-17-7-6-8-18(2)24(17)28-26(32)25(19-9-4-3-5-10-19)33-21-13-11-20(12-14-21)27-22(29)15-16-23(30)31/h3-14,25H,15-16H2,1-2H3,(H,27,29)(H,28,32)(H,30,31). The van der Waals surface area contributed by atoms with Gasteiger partial charge in [-0.15, -0.1) is 11.8 Å². The van der Waals surface area contributed by atoms with Crippen LogP contribution in [0.3, 0.4) is 0 Å². The van der Waals surface area contributed by atoms with Crippen LogP contribution in [0.1, 0.15) is 34.8 Å². The largest absolute Gasteiger partial charge is 0.481 e. The van der Waals surface area contributed by atoms with E-state index in [0.717, 1.165) is 27.3 Å². The molecule has 3 N–H and O–H groups in total. The Bertz CT molecular complexity index is 1110. The molecule has 0 aliphatic carbocycles. The molecule has 0 saturated carbocycles. The molecule has 6 nitrogen and oxygen atoms in total. The fourth-order valence-corrected chi connectivity index (χ4v) is 4.32. The smallest absolute Gasteiger partial charge is 0.303 e. The predicted molar refractivity (Wildman–Crippen MR) is 132 cm³/mol. The third-order valence-corrected chi connectivity index (χ3v) is 6.29. The van der Waals surface area contributed by atoms with Crippen molar-refractivity contribution in [3.8, 4) is 0 Å². The van der Waals surface area contributed by atoms with Gasteiger partial charge in [-0.1, -0.05) is 48.5 Å². The van der Waals surface area contributed by atoms with Crippen molar-refractivity contribution < 1.29 is 19.5 Å². The molecule has 3 aromatic rings. The molecule has 170 valence electrons. The third-order valence-electron chi connectivity index (χ3n) is 5.03. The number of carbonyl (C=O) groups is 3. The van der Waals surface area contributed by atoms with E-state index in [4.69, 9.17) is 5.11 Å². The van der Waals surface area contributed by atoms with E-state index < -0.39 is 11.2 Å². The number of benzene rings is 3. The number of rotatable bonds is 9. The average Bonchev–Trinajstić information content (AvgIpc) is 2.80. The molecular weight excluding hydrogens is 436 g/mol. The first-order valence-corrected chi connectivity index (χ1v) is 11.4. The van der Waals surface area contributed by atoms with Crippen LogP contribution in [0.4, 0.5) is 11.4 Å². The van der Waals surface area contributed by atoms with Crippen LogP contribution in [-0.2, 0) is 14.4 Å². The van der Waals surface area contributed by atoms with E-state index >= 15 is 0 Å². The topological polar surface area (TPSA) is 95.5 Å². The van der Waals surface area contributed by atoms with Crippen LogP contribution < -0.4 is 10.6 Å². The maximum absolute atomic E-state index is 13.3. The molecule has 3 aromatic carbocycles. The van der Waals surface area contributed by atoms with Gasteiger partial charge in [0.15, 0.2) is 0 Å². The van der Waals surface area contributed by atoms with Gasteiger partial charge >= 0.3 is 5.97 Å². The molecule has 0 bridgehead atoms. The molecule has 0 spiro atoms. The first-order valence-electron chi connectivity index (χ1n) is 10.5. The summed E-state index contributed by atoms with van der Waals surface area (Å²) in [6, 6.07) is 22.6. The van der Waals surface area contributed by atoms with Crippen molar-refractivity contribution in [1.82, 2.24) is 0 Å². The normalized spacial score (nSPS) is 11.5. The van der Waals surface area contributed by atoms with Crippen LogP contribution in [0.2, 0.25) is 0 Å². The highest BCUT2D eigenvalue weighted by Crippen LogP contribution is 2.37. The lowest BCUT2D eigenvalue weighted by molar-refractivity contribution is -0.138. The monoisotopic (exact) mass is 462 g/mol. The minimum absolute atomic E-state index is 0.0829. The van der Waals surface area contributed by atoms with Crippen molar-refractivity contribution in [3.63, 3.8) is 0 Å². The molecule has 0 saturated heterocycles. The summed E-state index contributed by atoms with van der Waals surface area (Å²) >= 11 is 1.42. The van der Waals surface area contributed by atoms with Gasteiger partial charge < -0.3 is 15.7 Å². The van der Waals surface area contributed by atoms with Gasteiger partial charge in [0.05, 0.1) is 6.42 Å². The predicted octanol–water partition coefficient (Wildman–Crippen LogP) is 5.58. The van der Waals surface area contributed by atoms with Crippen LogP contribution in [0, 0.1) is 13.8 Å². The molecule has 7 heteroatoms. The number of nitrogens with one attached hydrogen (secondary N) is 2.